The van der Waals surface area contributed by atoms with Crippen molar-refractivity contribution in [1.29, 1.82) is 0 Å². The topological polar surface area (TPSA) is 66.8 Å². The third kappa shape index (κ3) is 4.70. The second-order valence-corrected chi connectivity index (χ2v) is 9.23. The van der Waals surface area contributed by atoms with Gasteiger partial charge in [0.1, 0.15) is 11.5 Å². The molecule has 0 aliphatic carbocycles. The summed E-state index contributed by atoms with van der Waals surface area (Å²) in [6.07, 6.45) is 0. The lowest BCUT2D eigenvalue weighted by Gasteiger charge is -2.26. The summed E-state index contributed by atoms with van der Waals surface area (Å²) in [4.78, 5) is 27.8. The summed E-state index contributed by atoms with van der Waals surface area (Å²) in [5.41, 5.74) is 2.64. The molecule has 1 N–H and O–H groups in total. The maximum absolute atomic E-state index is 13.2. The van der Waals surface area contributed by atoms with Gasteiger partial charge in [0, 0.05) is 16.3 Å². The first-order valence-corrected chi connectivity index (χ1v) is 11.5. The zero-order chi connectivity index (χ0) is 24.4. The van der Waals surface area contributed by atoms with E-state index in [4.69, 9.17) is 16.3 Å². The van der Waals surface area contributed by atoms with Crippen LogP contribution in [0.5, 0.6) is 5.75 Å². The van der Waals surface area contributed by atoms with Gasteiger partial charge in [-0.3, -0.25) is 14.5 Å². The fourth-order valence-electron chi connectivity index (χ4n) is 4.01. The lowest BCUT2D eigenvalue weighted by molar-refractivity contribution is -0.132. The summed E-state index contributed by atoms with van der Waals surface area (Å²) in [5, 5.41) is 11.7. The zero-order valence-corrected chi connectivity index (χ0v) is 20.0. The predicted molar refractivity (Wildman–Crippen MR) is 134 cm³/mol. The number of ketones is 1. The fourth-order valence-corrected chi connectivity index (χ4v) is 4.19. The number of aliphatic hydroxyl groups is 1. The van der Waals surface area contributed by atoms with Crippen molar-refractivity contribution in [3.8, 4) is 5.75 Å². The molecule has 3 aromatic carbocycles. The van der Waals surface area contributed by atoms with E-state index in [-0.39, 0.29) is 11.3 Å². The van der Waals surface area contributed by atoms with Crippen LogP contribution in [-0.4, -0.2) is 23.4 Å². The molecule has 4 rings (SSSR count). The Morgan fingerprint density at radius 2 is 1.74 bits per heavy atom. The third-order valence-electron chi connectivity index (χ3n) is 5.60. The predicted octanol–water partition coefficient (Wildman–Crippen LogP) is 6.31. The third-order valence-corrected chi connectivity index (χ3v) is 5.83. The van der Waals surface area contributed by atoms with Crippen molar-refractivity contribution in [2.24, 2.45) is 5.92 Å². The number of nitrogens with zero attached hydrogens (tertiary/aromatic N) is 1. The van der Waals surface area contributed by atoms with Gasteiger partial charge in [0.2, 0.25) is 0 Å². The van der Waals surface area contributed by atoms with Crippen molar-refractivity contribution in [1.82, 2.24) is 0 Å². The SMILES string of the molecule is Cc1cccc(C2/C(=C(\O)c3ccc(OCC(C)C)cc3)C(=O)C(=O)N2c2cccc(Cl)c2)c1. The molecule has 1 fully saturated rings. The molecule has 6 heteroatoms. The van der Waals surface area contributed by atoms with Crippen LogP contribution in [0.3, 0.4) is 0 Å². The Kier molecular flexibility index (Phi) is 6.75. The van der Waals surface area contributed by atoms with E-state index in [9.17, 15) is 14.7 Å². The van der Waals surface area contributed by atoms with Crippen LogP contribution in [0, 0.1) is 12.8 Å². The number of benzene rings is 3. The lowest BCUT2D eigenvalue weighted by atomic mass is 9.94. The second-order valence-electron chi connectivity index (χ2n) is 8.79. The summed E-state index contributed by atoms with van der Waals surface area (Å²) in [6.45, 7) is 6.63. The van der Waals surface area contributed by atoms with Gasteiger partial charge >= 0.3 is 0 Å². The molecule has 0 spiro atoms. The van der Waals surface area contributed by atoms with Crippen molar-refractivity contribution in [3.63, 3.8) is 0 Å². The molecule has 0 aromatic heterocycles. The van der Waals surface area contributed by atoms with E-state index in [0.29, 0.717) is 34.5 Å². The van der Waals surface area contributed by atoms with Crippen LogP contribution in [0.25, 0.3) is 5.76 Å². The van der Waals surface area contributed by atoms with Gasteiger partial charge in [0.15, 0.2) is 0 Å². The molecule has 1 saturated heterocycles. The number of halogens is 1. The van der Waals surface area contributed by atoms with Gasteiger partial charge in [-0.05, 0) is 60.9 Å². The Morgan fingerprint density at radius 1 is 1.03 bits per heavy atom. The van der Waals surface area contributed by atoms with E-state index >= 15 is 0 Å². The Morgan fingerprint density at radius 3 is 2.38 bits per heavy atom. The van der Waals surface area contributed by atoms with Gasteiger partial charge < -0.3 is 9.84 Å². The van der Waals surface area contributed by atoms with Crippen LogP contribution < -0.4 is 9.64 Å². The van der Waals surface area contributed by atoms with Crippen molar-refractivity contribution in [2.75, 3.05) is 11.5 Å². The molecule has 1 amide bonds. The fraction of sp³-hybridized carbons (Fsp3) is 0.214. The summed E-state index contributed by atoms with van der Waals surface area (Å²) in [7, 11) is 0. The Balaban J connectivity index is 1.83. The van der Waals surface area contributed by atoms with Crippen LogP contribution >= 0.6 is 11.6 Å². The Hall–Kier alpha value is -3.57. The van der Waals surface area contributed by atoms with Crippen molar-refractivity contribution in [3.05, 3.63) is 100 Å². The van der Waals surface area contributed by atoms with Crippen LogP contribution in [-0.2, 0) is 9.59 Å². The summed E-state index contributed by atoms with van der Waals surface area (Å²) in [6, 6.07) is 20.4. The first kappa shape index (κ1) is 23.6. The van der Waals surface area contributed by atoms with Crippen LogP contribution in [0.2, 0.25) is 5.02 Å². The first-order valence-electron chi connectivity index (χ1n) is 11.1. The highest BCUT2D eigenvalue weighted by Gasteiger charge is 2.47. The highest BCUT2D eigenvalue weighted by atomic mass is 35.5. The molecule has 1 aliphatic heterocycles. The monoisotopic (exact) mass is 475 g/mol. The number of anilines is 1. The standard InChI is InChI=1S/C28H26ClNO4/c1-17(2)16-34-23-12-10-19(11-13-23)26(31)24-25(20-7-4-6-18(3)14-20)30(28(33)27(24)32)22-9-5-8-21(29)15-22/h4-15,17,25,31H,16H2,1-3H3/b26-24+. The number of aliphatic hydroxyl groups excluding tert-OH is 1. The number of ether oxygens (including phenoxy) is 1. The maximum Gasteiger partial charge on any atom is 0.300 e. The average Bonchev–Trinajstić information content (AvgIpc) is 3.08. The summed E-state index contributed by atoms with van der Waals surface area (Å²) in [5.74, 6) is -0.647. The quantitative estimate of drug-likeness (QED) is 0.258. The minimum Gasteiger partial charge on any atom is -0.507 e. The number of hydrogen-bond acceptors (Lipinski definition) is 4. The molecular formula is C28H26ClNO4. The van der Waals surface area contributed by atoms with Gasteiger partial charge in [-0.15, -0.1) is 0 Å². The lowest BCUT2D eigenvalue weighted by Crippen LogP contribution is -2.29. The van der Waals surface area contributed by atoms with Gasteiger partial charge in [0.05, 0.1) is 18.2 Å². The van der Waals surface area contributed by atoms with Crippen LogP contribution in [0.1, 0.15) is 36.6 Å². The first-order chi connectivity index (χ1) is 16.3. The van der Waals surface area contributed by atoms with E-state index < -0.39 is 17.7 Å². The molecule has 174 valence electrons. The average molecular weight is 476 g/mol. The molecule has 0 bridgehead atoms. The Labute approximate surface area is 204 Å². The number of amides is 1. The van der Waals surface area contributed by atoms with Gasteiger partial charge in [-0.1, -0.05) is 61.3 Å². The number of carbonyl (C=O) groups is 2. The molecule has 0 radical (unpaired) electrons. The molecular weight excluding hydrogens is 450 g/mol. The molecule has 34 heavy (non-hydrogen) atoms. The van der Waals surface area contributed by atoms with E-state index in [1.807, 2.05) is 31.2 Å². The molecule has 0 saturated carbocycles. The molecule has 1 atom stereocenters. The van der Waals surface area contributed by atoms with Gasteiger partial charge in [0.25, 0.3) is 11.7 Å². The van der Waals surface area contributed by atoms with Crippen molar-refractivity contribution in [2.45, 2.75) is 26.8 Å². The second kappa shape index (κ2) is 9.74. The minimum absolute atomic E-state index is 0.0337. The van der Waals surface area contributed by atoms with E-state index in [1.165, 1.54) is 4.90 Å². The smallest absolute Gasteiger partial charge is 0.300 e. The number of aryl methyl sites for hydroxylation is 1. The van der Waals surface area contributed by atoms with E-state index in [0.717, 1.165) is 11.1 Å². The minimum atomic E-state index is -0.796. The highest BCUT2D eigenvalue weighted by Crippen LogP contribution is 2.42. The largest absolute Gasteiger partial charge is 0.507 e. The molecule has 1 aliphatic rings. The van der Waals surface area contributed by atoms with Crippen LogP contribution in [0.4, 0.5) is 5.69 Å². The molecule has 1 heterocycles. The van der Waals surface area contributed by atoms with Gasteiger partial charge in [-0.2, -0.15) is 0 Å². The Bertz CT molecular complexity index is 1260. The number of rotatable bonds is 6. The van der Waals surface area contributed by atoms with Crippen molar-refractivity contribution >= 4 is 34.7 Å². The summed E-state index contributed by atoms with van der Waals surface area (Å²) < 4.78 is 5.72. The number of Topliss-reactive ketones (excluding diaryl/α,β-unsaturated/α-hetero) is 1. The molecule has 3 aromatic rings. The normalized spacial score (nSPS) is 17.4. The van der Waals surface area contributed by atoms with Crippen molar-refractivity contribution < 1.29 is 19.4 Å². The molecule has 5 nitrogen and oxygen atoms in total. The van der Waals surface area contributed by atoms with Gasteiger partial charge in [-0.25, -0.2) is 0 Å². The van der Waals surface area contributed by atoms with E-state index in [1.54, 1.807) is 48.5 Å². The number of carbonyl (C=O) groups excluding carboxylic acids is 2. The number of hydrogen-bond donors (Lipinski definition) is 1. The molecule has 1 unspecified atom stereocenters. The van der Waals surface area contributed by atoms with Crippen LogP contribution in [0.15, 0.2) is 78.4 Å². The summed E-state index contributed by atoms with van der Waals surface area (Å²) >= 11 is 6.18. The maximum atomic E-state index is 13.2. The highest BCUT2D eigenvalue weighted by molar-refractivity contribution is 6.51. The van der Waals surface area contributed by atoms with E-state index in [2.05, 4.69) is 13.8 Å². The zero-order valence-electron chi connectivity index (χ0n) is 19.3.